The Morgan fingerprint density at radius 1 is 1.44 bits per heavy atom. The minimum absolute atomic E-state index is 0.212. The van der Waals surface area contributed by atoms with Crippen molar-refractivity contribution in [1.29, 1.82) is 0 Å². The lowest BCUT2D eigenvalue weighted by Gasteiger charge is -2.32. The number of rotatable bonds is 7. The van der Waals surface area contributed by atoms with E-state index >= 15 is 0 Å². The molecule has 1 unspecified atom stereocenters. The molecule has 18 heavy (non-hydrogen) atoms. The molecule has 0 spiro atoms. The molecule has 0 aromatic rings. The highest BCUT2D eigenvalue weighted by Crippen LogP contribution is 2.09. The van der Waals surface area contributed by atoms with Crippen LogP contribution in [0.3, 0.4) is 0 Å². The van der Waals surface area contributed by atoms with Crippen LogP contribution in [0.5, 0.6) is 0 Å². The van der Waals surface area contributed by atoms with Gasteiger partial charge >= 0.3 is 0 Å². The number of nitrogens with one attached hydrogen (secondary N) is 2. The van der Waals surface area contributed by atoms with Gasteiger partial charge < -0.3 is 15.5 Å². The van der Waals surface area contributed by atoms with Crippen molar-refractivity contribution in [1.82, 2.24) is 15.5 Å². The van der Waals surface area contributed by atoms with Gasteiger partial charge in [0.15, 0.2) is 0 Å². The van der Waals surface area contributed by atoms with Crippen LogP contribution >= 0.6 is 0 Å². The van der Waals surface area contributed by atoms with Crippen molar-refractivity contribution in [2.45, 2.75) is 58.5 Å². The Morgan fingerprint density at radius 3 is 2.89 bits per heavy atom. The molecule has 4 nitrogen and oxygen atoms in total. The molecule has 0 aliphatic carbocycles. The number of likely N-dealkylation sites (N-methyl/N-ethyl adjacent to an activating group) is 1. The number of hydrogen-bond donors (Lipinski definition) is 2. The number of amides is 1. The van der Waals surface area contributed by atoms with E-state index in [2.05, 4.69) is 36.3 Å². The third kappa shape index (κ3) is 6.36. The molecule has 0 bridgehead atoms. The quantitative estimate of drug-likeness (QED) is 0.675. The molecule has 1 saturated heterocycles. The van der Waals surface area contributed by atoms with E-state index in [1.807, 2.05) is 0 Å². The van der Waals surface area contributed by atoms with Crippen molar-refractivity contribution < 1.29 is 4.79 Å². The Bertz CT molecular complexity index is 243. The van der Waals surface area contributed by atoms with Crippen molar-refractivity contribution in [3.8, 4) is 0 Å². The summed E-state index contributed by atoms with van der Waals surface area (Å²) in [6.45, 7) is 10.7. The maximum absolute atomic E-state index is 11.8. The third-order valence-electron chi connectivity index (χ3n) is 3.45. The van der Waals surface area contributed by atoms with E-state index in [1.165, 1.54) is 13.0 Å². The van der Waals surface area contributed by atoms with Gasteiger partial charge in [-0.2, -0.15) is 0 Å². The minimum Gasteiger partial charge on any atom is -0.352 e. The second kappa shape index (κ2) is 8.48. The van der Waals surface area contributed by atoms with Gasteiger partial charge in [-0.05, 0) is 38.9 Å². The summed E-state index contributed by atoms with van der Waals surface area (Å²) in [6, 6.07) is 0.869. The summed E-state index contributed by atoms with van der Waals surface area (Å²) in [5.41, 5.74) is 0. The van der Waals surface area contributed by atoms with Crippen LogP contribution in [-0.2, 0) is 4.79 Å². The molecule has 0 saturated carbocycles. The molecule has 1 rings (SSSR count). The molecule has 106 valence electrons. The molecule has 1 heterocycles. The Balaban J connectivity index is 2.11. The van der Waals surface area contributed by atoms with E-state index in [0.717, 1.165) is 32.5 Å². The standard InChI is InChI=1S/C14H29N3O/c1-4-17-10-6-7-13(11-17)16-14(18)8-5-9-15-12(2)3/h12-13,15H,4-11H2,1-3H3,(H,16,18). The largest absolute Gasteiger partial charge is 0.352 e. The monoisotopic (exact) mass is 255 g/mol. The first-order valence-corrected chi connectivity index (χ1v) is 7.37. The van der Waals surface area contributed by atoms with Gasteiger partial charge in [0.2, 0.25) is 5.91 Å². The summed E-state index contributed by atoms with van der Waals surface area (Å²) in [5.74, 6) is 0.212. The van der Waals surface area contributed by atoms with Crippen LogP contribution in [-0.4, -0.2) is 49.1 Å². The van der Waals surface area contributed by atoms with Crippen molar-refractivity contribution in [2.75, 3.05) is 26.2 Å². The Morgan fingerprint density at radius 2 is 2.22 bits per heavy atom. The van der Waals surface area contributed by atoms with E-state index in [-0.39, 0.29) is 5.91 Å². The van der Waals surface area contributed by atoms with Gasteiger partial charge in [0.1, 0.15) is 0 Å². The van der Waals surface area contributed by atoms with E-state index in [9.17, 15) is 4.79 Å². The molecule has 4 heteroatoms. The number of carbonyl (C=O) groups is 1. The molecule has 0 radical (unpaired) electrons. The van der Waals surface area contributed by atoms with Gasteiger partial charge in [-0.25, -0.2) is 0 Å². The van der Waals surface area contributed by atoms with Gasteiger partial charge in [-0.15, -0.1) is 0 Å². The van der Waals surface area contributed by atoms with Crippen LogP contribution < -0.4 is 10.6 Å². The van der Waals surface area contributed by atoms with Gasteiger partial charge in [-0.3, -0.25) is 4.79 Å². The summed E-state index contributed by atoms with van der Waals surface area (Å²) < 4.78 is 0. The molecule has 1 amide bonds. The smallest absolute Gasteiger partial charge is 0.220 e. The zero-order chi connectivity index (χ0) is 13.4. The molecule has 1 aliphatic rings. The Labute approximate surface area is 111 Å². The summed E-state index contributed by atoms with van der Waals surface area (Å²) >= 11 is 0. The van der Waals surface area contributed by atoms with E-state index in [0.29, 0.717) is 18.5 Å². The summed E-state index contributed by atoms with van der Waals surface area (Å²) in [5, 5.41) is 6.50. The SMILES string of the molecule is CCN1CCCC(NC(=O)CCCNC(C)C)C1. The Kier molecular flexibility index (Phi) is 7.28. The maximum Gasteiger partial charge on any atom is 0.220 e. The molecule has 2 N–H and O–H groups in total. The minimum atomic E-state index is 0.212. The molecule has 0 aromatic carbocycles. The lowest BCUT2D eigenvalue weighted by molar-refractivity contribution is -0.122. The fourth-order valence-corrected chi connectivity index (χ4v) is 2.40. The predicted octanol–water partition coefficient (Wildman–Crippen LogP) is 1.37. The van der Waals surface area contributed by atoms with Crippen LogP contribution in [0, 0.1) is 0 Å². The molecule has 1 fully saturated rings. The van der Waals surface area contributed by atoms with Crippen LogP contribution in [0.4, 0.5) is 0 Å². The molecular formula is C14H29N3O. The average molecular weight is 255 g/mol. The first-order valence-electron chi connectivity index (χ1n) is 7.37. The topological polar surface area (TPSA) is 44.4 Å². The zero-order valence-electron chi connectivity index (χ0n) is 12.2. The van der Waals surface area contributed by atoms with Crippen molar-refractivity contribution in [3.63, 3.8) is 0 Å². The van der Waals surface area contributed by atoms with Crippen LogP contribution in [0.25, 0.3) is 0 Å². The second-order valence-electron chi connectivity index (χ2n) is 5.51. The summed E-state index contributed by atoms with van der Waals surface area (Å²) in [4.78, 5) is 14.2. The number of piperidine rings is 1. The molecule has 1 aliphatic heterocycles. The normalized spacial score (nSPS) is 21.2. The zero-order valence-corrected chi connectivity index (χ0v) is 12.2. The number of likely N-dealkylation sites (tertiary alicyclic amines) is 1. The van der Waals surface area contributed by atoms with Gasteiger partial charge in [-0.1, -0.05) is 20.8 Å². The Hall–Kier alpha value is -0.610. The molecular weight excluding hydrogens is 226 g/mol. The first-order chi connectivity index (χ1) is 8.61. The highest BCUT2D eigenvalue weighted by Gasteiger charge is 2.19. The lowest BCUT2D eigenvalue weighted by atomic mass is 10.1. The predicted molar refractivity (Wildman–Crippen MR) is 75.7 cm³/mol. The fourth-order valence-electron chi connectivity index (χ4n) is 2.40. The highest BCUT2D eigenvalue weighted by atomic mass is 16.1. The van der Waals surface area contributed by atoms with Crippen molar-refractivity contribution in [3.05, 3.63) is 0 Å². The van der Waals surface area contributed by atoms with Crippen LogP contribution in [0.15, 0.2) is 0 Å². The summed E-state index contributed by atoms with van der Waals surface area (Å²) in [6.07, 6.45) is 3.90. The van der Waals surface area contributed by atoms with Gasteiger partial charge in [0.05, 0.1) is 0 Å². The van der Waals surface area contributed by atoms with Crippen molar-refractivity contribution in [2.24, 2.45) is 0 Å². The number of hydrogen-bond acceptors (Lipinski definition) is 3. The van der Waals surface area contributed by atoms with E-state index in [1.54, 1.807) is 0 Å². The highest BCUT2D eigenvalue weighted by molar-refractivity contribution is 5.76. The molecule has 1 atom stereocenters. The van der Waals surface area contributed by atoms with E-state index < -0.39 is 0 Å². The number of nitrogens with zero attached hydrogens (tertiary/aromatic N) is 1. The lowest BCUT2D eigenvalue weighted by Crippen LogP contribution is -2.47. The van der Waals surface area contributed by atoms with Crippen LogP contribution in [0.1, 0.15) is 46.5 Å². The van der Waals surface area contributed by atoms with E-state index in [4.69, 9.17) is 0 Å². The fraction of sp³-hybridized carbons (Fsp3) is 0.929. The van der Waals surface area contributed by atoms with Crippen molar-refractivity contribution >= 4 is 5.91 Å². The third-order valence-corrected chi connectivity index (χ3v) is 3.45. The average Bonchev–Trinajstić information content (AvgIpc) is 2.34. The maximum atomic E-state index is 11.8. The second-order valence-corrected chi connectivity index (χ2v) is 5.51. The molecule has 0 aromatic heterocycles. The summed E-state index contributed by atoms with van der Waals surface area (Å²) in [7, 11) is 0. The van der Waals surface area contributed by atoms with Gasteiger partial charge in [0, 0.05) is 25.0 Å². The number of carbonyl (C=O) groups excluding carboxylic acids is 1. The van der Waals surface area contributed by atoms with Gasteiger partial charge in [0.25, 0.3) is 0 Å². The van der Waals surface area contributed by atoms with Crippen LogP contribution in [0.2, 0.25) is 0 Å². The first kappa shape index (κ1) is 15.4.